The van der Waals surface area contributed by atoms with E-state index in [0.717, 1.165) is 0 Å². The zero-order valence-corrected chi connectivity index (χ0v) is 10.9. The number of nitrogens with one attached hydrogen (secondary N) is 3. The number of aromatic nitrogens is 4. The van der Waals surface area contributed by atoms with Crippen LogP contribution in [0.4, 0.5) is 5.69 Å². The highest BCUT2D eigenvalue weighted by Crippen LogP contribution is 2.25. The molecule has 2 heterocycles. The van der Waals surface area contributed by atoms with E-state index in [9.17, 15) is 13.2 Å². The molecule has 0 radical (unpaired) electrons. The van der Waals surface area contributed by atoms with Crippen LogP contribution >= 0.6 is 0 Å². The minimum Gasteiger partial charge on any atom is -0.326 e. The lowest BCUT2D eigenvalue weighted by Gasteiger charge is -2.06. The highest BCUT2D eigenvalue weighted by Gasteiger charge is 2.21. The van der Waals surface area contributed by atoms with Gasteiger partial charge in [0.1, 0.15) is 0 Å². The van der Waals surface area contributed by atoms with E-state index in [-0.39, 0.29) is 29.6 Å². The Morgan fingerprint density at radius 2 is 2.20 bits per heavy atom. The van der Waals surface area contributed by atoms with E-state index in [2.05, 4.69) is 30.7 Å². The number of hydrogen-bond donors (Lipinski definition) is 3. The van der Waals surface area contributed by atoms with Crippen molar-refractivity contribution in [1.29, 1.82) is 0 Å². The minimum absolute atomic E-state index is 0.0624. The molecule has 0 saturated heterocycles. The van der Waals surface area contributed by atoms with Crippen LogP contribution in [0.25, 0.3) is 0 Å². The molecule has 3 N–H and O–H groups in total. The first-order valence-corrected chi connectivity index (χ1v) is 7.18. The maximum absolute atomic E-state index is 12.1. The molecular formula is C10H10N6O3S. The molecule has 1 aromatic carbocycles. The zero-order valence-electron chi connectivity index (χ0n) is 10.1. The van der Waals surface area contributed by atoms with Gasteiger partial charge in [-0.25, -0.2) is 13.1 Å². The van der Waals surface area contributed by atoms with Crippen LogP contribution in [-0.2, 0) is 27.8 Å². The van der Waals surface area contributed by atoms with Crippen molar-refractivity contribution in [3.05, 3.63) is 29.6 Å². The molecule has 0 unspecified atom stereocenters. The fourth-order valence-electron chi connectivity index (χ4n) is 1.87. The predicted octanol–water partition coefficient (Wildman–Crippen LogP) is -0.827. The lowest BCUT2D eigenvalue weighted by Crippen LogP contribution is -2.24. The number of carbonyl (C=O) groups excluding carboxylic acids is 1. The van der Waals surface area contributed by atoms with Gasteiger partial charge in [0, 0.05) is 5.69 Å². The SMILES string of the molecule is O=C1Cc2cc(S(=O)(=O)NCc3nn[nH]n3)ccc2N1. The van der Waals surface area contributed by atoms with Crippen LogP contribution in [0.5, 0.6) is 0 Å². The number of amides is 1. The smallest absolute Gasteiger partial charge is 0.240 e. The number of aromatic amines is 1. The Labute approximate surface area is 113 Å². The summed E-state index contributed by atoms with van der Waals surface area (Å²) in [7, 11) is -3.69. The van der Waals surface area contributed by atoms with Gasteiger partial charge in [0.2, 0.25) is 15.9 Å². The Bertz CT molecular complexity index is 755. The predicted molar refractivity (Wildman–Crippen MR) is 67.0 cm³/mol. The highest BCUT2D eigenvalue weighted by atomic mass is 32.2. The van der Waals surface area contributed by atoms with E-state index in [4.69, 9.17) is 0 Å². The topological polar surface area (TPSA) is 130 Å². The number of tetrazole rings is 1. The maximum Gasteiger partial charge on any atom is 0.240 e. The Hall–Kier alpha value is -2.33. The van der Waals surface area contributed by atoms with E-state index in [0.29, 0.717) is 11.3 Å². The van der Waals surface area contributed by atoms with E-state index in [1.165, 1.54) is 12.1 Å². The van der Waals surface area contributed by atoms with Crippen LogP contribution in [0.15, 0.2) is 23.1 Å². The average Bonchev–Trinajstić information content (AvgIpc) is 3.03. The maximum atomic E-state index is 12.1. The monoisotopic (exact) mass is 294 g/mol. The molecule has 3 rings (SSSR count). The molecule has 20 heavy (non-hydrogen) atoms. The first kappa shape index (κ1) is 12.7. The highest BCUT2D eigenvalue weighted by molar-refractivity contribution is 7.89. The summed E-state index contributed by atoms with van der Waals surface area (Å²) in [6.07, 6.45) is 0.184. The second-order valence-electron chi connectivity index (χ2n) is 4.20. The van der Waals surface area contributed by atoms with Crippen molar-refractivity contribution in [3.63, 3.8) is 0 Å². The summed E-state index contributed by atoms with van der Waals surface area (Å²) in [5.41, 5.74) is 1.31. The van der Waals surface area contributed by atoms with E-state index in [1.807, 2.05) is 0 Å². The molecule has 0 fully saturated rings. The molecular weight excluding hydrogens is 284 g/mol. The van der Waals surface area contributed by atoms with Crippen LogP contribution < -0.4 is 10.0 Å². The van der Waals surface area contributed by atoms with Crippen molar-refractivity contribution >= 4 is 21.6 Å². The summed E-state index contributed by atoms with van der Waals surface area (Å²) in [4.78, 5) is 11.3. The van der Waals surface area contributed by atoms with Crippen molar-refractivity contribution < 1.29 is 13.2 Å². The zero-order chi connectivity index (χ0) is 14.2. The largest absolute Gasteiger partial charge is 0.326 e. The number of hydrogen-bond acceptors (Lipinski definition) is 6. The van der Waals surface area contributed by atoms with Crippen molar-refractivity contribution in [2.45, 2.75) is 17.9 Å². The summed E-state index contributed by atoms with van der Waals surface area (Å²) < 4.78 is 26.6. The van der Waals surface area contributed by atoms with E-state index < -0.39 is 10.0 Å². The molecule has 0 aliphatic carbocycles. The lowest BCUT2D eigenvalue weighted by atomic mass is 10.2. The minimum atomic E-state index is -3.69. The number of nitrogens with zero attached hydrogens (tertiary/aromatic N) is 3. The molecule has 1 aliphatic rings. The Balaban J connectivity index is 1.81. The molecule has 104 valence electrons. The lowest BCUT2D eigenvalue weighted by molar-refractivity contribution is -0.115. The van der Waals surface area contributed by atoms with Crippen molar-refractivity contribution in [1.82, 2.24) is 25.3 Å². The van der Waals surface area contributed by atoms with Crippen LogP contribution in [0.3, 0.4) is 0 Å². The van der Waals surface area contributed by atoms with Gasteiger partial charge in [0.25, 0.3) is 0 Å². The van der Waals surface area contributed by atoms with Gasteiger partial charge in [-0.1, -0.05) is 5.21 Å². The van der Waals surface area contributed by atoms with Crippen molar-refractivity contribution in [2.75, 3.05) is 5.32 Å². The number of rotatable bonds is 4. The second-order valence-corrected chi connectivity index (χ2v) is 5.96. The molecule has 0 spiro atoms. The summed E-state index contributed by atoms with van der Waals surface area (Å²) in [6, 6.07) is 4.48. The van der Waals surface area contributed by atoms with Crippen LogP contribution in [0, 0.1) is 0 Å². The van der Waals surface area contributed by atoms with E-state index in [1.54, 1.807) is 6.07 Å². The molecule has 9 nitrogen and oxygen atoms in total. The number of benzene rings is 1. The molecule has 2 aromatic rings. The fourth-order valence-corrected chi connectivity index (χ4v) is 2.90. The van der Waals surface area contributed by atoms with Gasteiger partial charge in [-0.15, -0.1) is 10.2 Å². The third-order valence-corrected chi connectivity index (χ3v) is 4.22. The fraction of sp³-hybridized carbons (Fsp3) is 0.200. The first-order chi connectivity index (χ1) is 9.54. The molecule has 1 aliphatic heterocycles. The number of sulfonamides is 1. The summed E-state index contributed by atoms with van der Waals surface area (Å²) in [5.74, 6) is 0.0980. The molecule has 1 amide bonds. The summed E-state index contributed by atoms with van der Waals surface area (Å²) in [6.45, 7) is -0.0624. The third kappa shape index (κ3) is 2.38. The third-order valence-electron chi connectivity index (χ3n) is 2.82. The quantitative estimate of drug-likeness (QED) is 0.675. The van der Waals surface area contributed by atoms with Crippen LogP contribution in [0.2, 0.25) is 0 Å². The average molecular weight is 294 g/mol. The molecule has 0 atom stereocenters. The number of fused-ring (bicyclic) bond motifs is 1. The van der Waals surface area contributed by atoms with E-state index >= 15 is 0 Å². The van der Waals surface area contributed by atoms with Crippen molar-refractivity contribution in [3.8, 4) is 0 Å². The Morgan fingerprint density at radius 3 is 2.95 bits per heavy atom. The number of anilines is 1. The van der Waals surface area contributed by atoms with Gasteiger partial charge in [0.05, 0.1) is 17.9 Å². The summed E-state index contributed by atoms with van der Waals surface area (Å²) in [5, 5.41) is 15.5. The first-order valence-electron chi connectivity index (χ1n) is 5.69. The molecule has 10 heteroatoms. The Kier molecular flexibility index (Phi) is 2.95. The standard InChI is InChI=1S/C10H10N6O3S/c17-10-4-6-3-7(1-2-8(6)12-10)20(18,19)11-5-9-13-15-16-14-9/h1-3,11H,4-5H2,(H,12,17)(H,13,14,15,16). The van der Waals surface area contributed by atoms with Gasteiger partial charge in [-0.3, -0.25) is 4.79 Å². The number of carbonyl (C=O) groups is 1. The normalized spacial score (nSPS) is 14.1. The molecule has 0 bridgehead atoms. The number of H-pyrrole nitrogens is 1. The van der Waals surface area contributed by atoms with Gasteiger partial charge in [0.15, 0.2) is 5.82 Å². The molecule has 0 saturated carbocycles. The van der Waals surface area contributed by atoms with Gasteiger partial charge < -0.3 is 5.32 Å². The van der Waals surface area contributed by atoms with Crippen molar-refractivity contribution in [2.24, 2.45) is 0 Å². The summed E-state index contributed by atoms with van der Waals surface area (Å²) >= 11 is 0. The van der Waals surface area contributed by atoms with Gasteiger partial charge >= 0.3 is 0 Å². The Morgan fingerprint density at radius 1 is 1.35 bits per heavy atom. The second kappa shape index (κ2) is 4.65. The van der Waals surface area contributed by atoms with Crippen LogP contribution in [-0.4, -0.2) is 34.9 Å². The van der Waals surface area contributed by atoms with Gasteiger partial charge in [-0.2, -0.15) is 5.21 Å². The van der Waals surface area contributed by atoms with Gasteiger partial charge in [-0.05, 0) is 23.8 Å². The van der Waals surface area contributed by atoms with Crippen LogP contribution in [0.1, 0.15) is 11.4 Å². The molecule has 1 aromatic heterocycles.